The fourth-order valence-electron chi connectivity index (χ4n) is 2.84. The smallest absolute Gasteiger partial charge is 0.0726 e. The van der Waals surface area contributed by atoms with Gasteiger partial charge < -0.3 is 10.1 Å². The van der Waals surface area contributed by atoms with Crippen molar-refractivity contribution < 1.29 is 4.74 Å². The number of aromatic nitrogens is 1. The third kappa shape index (κ3) is 2.89. The molecule has 2 aromatic rings. The third-order valence-electron chi connectivity index (χ3n) is 3.75. The third-order valence-corrected chi connectivity index (χ3v) is 3.75. The fraction of sp³-hybridized carbons (Fsp3) is 0.438. The lowest BCUT2D eigenvalue weighted by atomic mass is 10.1. The van der Waals surface area contributed by atoms with Crippen LogP contribution in [0.1, 0.15) is 24.1 Å². The van der Waals surface area contributed by atoms with Gasteiger partial charge in [-0.1, -0.05) is 18.2 Å². The van der Waals surface area contributed by atoms with Gasteiger partial charge in [-0.05, 0) is 37.3 Å². The van der Waals surface area contributed by atoms with Gasteiger partial charge in [0.05, 0.1) is 5.52 Å². The molecule has 1 aliphatic rings. The molecule has 20 heavy (non-hydrogen) atoms. The molecule has 1 aromatic heterocycles. The predicted octanol–water partition coefficient (Wildman–Crippen LogP) is 3.59. The number of benzene rings is 1. The van der Waals surface area contributed by atoms with Crippen LogP contribution in [0.25, 0.3) is 10.9 Å². The monoisotopic (exact) mass is 292 g/mol. The van der Waals surface area contributed by atoms with E-state index in [1.165, 1.54) is 28.8 Å². The molecule has 1 aromatic carbocycles. The van der Waals surface area contributed by atoms with Gasteiger partial charge in [0.2, 0.25) is 0 Å². The van der Waals surface area contributed by atoms with Gasteiger partial charge in [0.1, 0.15) is 0 Å². The number of fused-ring (bicyclic) bond motifs is 2. The van der Waals surface area contributed by atoms with E-state index in [4.69, 9.17) is 9.72 Å². The van der Waals surface area contributed by atoms with Crippen molar-refractivity contribution >= 4 is 29.0 Å². The number of ether oxygens (including phenoxy) is 1. The minimum atomic E-state index is 0. The van der Waals surface area contributed by atoms with Crippen LogP contribution in [0.15, 0.2) is 24.3 Å². The number of para-hydroxylation sites is 1. The van der Waals surface area contributed by atoms with Crippen LogP contribution >= 0.6 is 12.4 Å². The highest BCUT2D eigenvalue weighted by Crippen LogP contribution is 2.33. The van der Waals surface area contributed by atoms with E-state index in [1.54, 1.807) is 7.11 Å². The Labute approximate surface area is 126 Å². The van der Waals surface area contributed by atoms with Gasteiger partial charge in [-0.3, -0.25) is 4.98 Å². The van der Waals surface area contributed by atoms with Gasteiger partial charge in [-0.25, -0.2) is 0 Å². The van der Waals surface area contributed by atoms with Gasteiger partial charge in [-0.2, -0.15) is 0 Å². The van der Waals surface area contributed by atoms with E-state index in [-0.39, 0.29) is 12.4 Å². The first-order valence-corrected chi connectivity index (χ1v) is 7.03. The molecule has 3 nitrogen and oxygen atoms in total. The Morgan fingerprint density at radius 1 is 1.25 bits per heavy atom. The molecule has 0 bridgehead atoms. The number of halogens is 1. The van der Waals surface area contributed by atoms with Crippen molar-refractivity contribution in [2.24, 2.45) is 0 Å². The van der Waals surface area contributed by atoms with E-state index >= 15 is 0 Å². The van der Waals surface area contributed by atoms with Crippen LogP contribution in [0.3, 0.4) is 0 Å². The van der Waals surface area contributed by atoms with Crippen molar-refractivity contribution in [3.8, 4) is 0 Å². The number of nitrogens with one attached hydrogen (secondary N) is 1. The molecule has 0 unspecified atom stereocenters. The van der Waals surface area contributed by atoms with Crippen LogP contribution in [0, 0.1) is 0 Å². The normalized spacial score (nSPS) is 13.1. The number of anilines is 1. The molecule has 3 rings (SSSR count). The molecule has 4 heteroatoms. The lowest BCUT2D eigenvalue weighted by molar-refractivity contribution is 0.198. The lowest BCUT2D eigenvalue weighted by Crippen LogP contribution is -2.08. The van der Waals surface area contributed by atoms with Crippen molar-refractivity contribution in [3.63, 3.8) is 0 Å². The highest BCUT2D eigenvalue weighted by atomic mass is 35.5. The molecule has 0 saturated carbocycles. The summed E-state index contributed by atoms with van der Waals surface area (Å²) in [7, 11) is 1.75. The maximum absolute atomic E-state index is 5.11. The van der Waals surface area contributed by atoms with Crippen molar-refractivity contribution in [1.82, 2.24) is 4.98 Å². The van der Waals surface area contributed by atoms with Gasteiger partial charge in [0, 0.05) is 37.0 Å². The van der Waals surface area contributed by atoms with Gasteiger partial charge in [0.15, 0.2) is 0 Å². The average Bonchev–Trinajstić information content (AvgIpc) is 2.90. The standard InChI is InChI=1S/C16H20N2O.ClH/c1-19-11-5-10-17-16-12-6-2-3-8-14(12)18-15-9-4-7-13(15)16;/h2-3,6,8H,4-5,7,9-11H2,1H3,(H,17,18);1H. The van der Waals surface area contributed by atoms with Gasteiger partial charge >= 0.3 is 0 Å². The van der Waals surface area contributed by atoms with Crippen LogP contribution in [-0.4, -0.2) is 25.2 Å². The molecular weight excluding hydrogens is 272 g/mol. The summed E-state index contributed by atoms with van der Waals surface area (Å²) < 4.78 is 5.11. The van der Waals surface area contributed by atoms with Crippen LogP contribution in [-0.2, 0) is 17.6 Å². The zero-order valence-corrected chi connectivity index (χ0v) is 12.6. The van der Waals surface area contributed by atoms with E-state index < -0.39 is 0 Å². The Bertz CT molecular complexity index is 586. The van der Waals surface area contributed by atoms with Crippen LogP contribution < -0.4 is 5.32 Å². The number of hydrogen-bond acceptors (Lipinski definition) is 3. The second kappa shape index (κ2) is 6.91. The van der Waals surface area contributed by atoms with Gasteiger partial charge in [-0.15, -0.1) is 12.4 Å². The second-order valence-corrected chi connectivity index (χ2v) is 5.06. The molecule has 0 spiro atoms. The number of rotatable bonds is 5. The summed E-state index contributed by atoms with van der Waals surface area (Å²) in [6.07, 6.45) is 4.53. The van der Waals surface area contributed by atoms with E-state index in [0.29, 0.717) is 0 Å². The quantitative estimate of drug-likeness (QED) is 0.855. The maximum atomic E-state index is 5.11. The molecule has 0 fully saturated rings. The van der Waals surface area contributed by atoms with E-state index in [1.807, 2.05) is 0 Å². The Hall–Kier alpha value is -1.32. The molecule has 0 atom stereocenters. The minimum Gasteiger partial charge on any atom is -0.385 e. The summed E-state index contributed by atoms with van der Waals surface area (Å²) in [5.41, 5.74) is 5.12. The Kier molecular flexibility index (Phi) is 5.21. The largest absolute Gasteiger partial charge is 0.385 e. The first-order chi connectivity index (χ1) is 9.40. The predicted molar refractivity (Wildman–Crippen MR) is 86.0 cm³/mol. The Morgan fingerprint density at radius 2 is 2.10 bits per heavy atom. The van der Waals surface area contributed by atoms with E-state index in [2.05, 4.69) is 29.6 Å². The SMILES string of the molecule is COCCCNc1c2c(nc3ccccc13)CCC2.Cl. The Balaban J connectivity index is 0.00000147. The summed E-state index contributed by atoms with van der Waals surface area (Å²) in [6, 6.07) is 8.42. The van der Waals surface area contributed by atoms with Gasteiger partial charge in [0.25, 0.3) is 0 Å². The topological polar surface area (TPSA) is 34.1 Å². The molecule has 0 radical (unpaired) electrons. The van der Waals surface area contributed by atoms with Crippen molar-refractivity contribution in [1.29, 1.82) is 0 Å². The summed E-state index contributed by atoms with van der Waals surface area (Å²) in [4.78, 5) is 4.80. The van der Waals surface area contributed by atoms with Crippen molar-refractivity contribution in [2.45, 2.75) is 25.7 Å². The molecule has 1 N–H and O–H groups in total. The highest BCUT2D eigenvalue weighted by molar-refractivity contribution is 5.93. The van der Waals surface area contributed by atoms with Crippen LogP contribution in [0.2, 0.25) is 0 Å². The minimum absolute atomic E-state index is 0. The van der Waals surface area contributed by atoms with E-state index in [9.17, 15) is 0 Å². The summed E-state index contributed by atoms with van der Waals surface area (Å²) >= 11 is 0. The van der Waals surface area contributed by atoms with E-state index in [0.717, 1.165) is 37.9 Å². The number of hydrogen-bond donors (Lipinski definition) is 1. The van der Waals surface area contributed by atoms with Crippen molar-refractivity contribution in [2.75, 3.05) is 25.6 Å². The lowest BCUT2D eigenvalue weighted by Gasteiger charge is -2.14. The first kappa shape index (κ1) is 15.1. The molecule has 0 aliphatic heterocycles. The first-order valence-electron chi connectivity index (χ1n) is 7.03. The molecular formula is C16H21ClN2O. The zero-order valence-electron chi connectivity index (χ0n) is 11.8. The summed E-state index contributed by atoms with van der Waals surface area (Å²) in [5, 5.41) is 4.85. The van der Waals surface area contributed by atoms with Crippen LogP contribution in [0.4, 0.5) is 5.69 Å². The highest BCUT2D eigenvalue weighted by Gasteiger charge is 2.18. The number of aryl methyl sites for hydroxylation is 1. The maximum Gasteiger partial charge on any atom is 0.0726 e. The summed E-state index contributed by atoms with van der Waals surface area (Å²) in [5.74, 6) is 0. The second-order valence-electron chi connectivity index (χ2n) is 5.06. The summed E-state index contributed by atoms with van der Waals surface area (Å²) in [6.45, 7) is 1.76. The zero-order chi connectivity index (χ0) is 13.1. The number of methoxy groups -OCH3 is 1. The van der Waals surface area contributed by atoms with Crippen LogP contribution in [0.5, 0.6) is 0 Å². The number of nitrogens with zero attached hydrogens (tertiary/aromatic N) is 1. The average molecular weight is 293 g/mol. The molecule has 0 saturated heterocycles. The molecule has 1 aliphatic carbocycles. The molecule has 108 valence electrons. The number of pyridine rings is 1. The fourth-order valence-corrected chi connectivity index (χ4v) is 2.84. The Morgan fingerprint density at radius 3 is 2.95 bits per heavy atom. The molecule has 0 amide bonds. The van der Waals surface area contributed by atoms with Crippen molar-refractivity contribution in [3.05, 3.63) is 35.5 Å². The molecule has 1 heterocycles.